The van der Waals surface area contributed by atoms with Crippen LogP contribution in [0.3, 0.4) is 0 Å². The lowest BCUT2D eigenvalue weighted by Gasteiger charge is -2.11. The predicted molar refractivity (Wildman–Crippen MR) is 58.2 cm³/mol. The van der Waals surface area contributed by atoms with E-state index in [9.17, 15) is 13.2 Å². The van der Waals surface area contributed by atoms with Crippen molar-refractivity contribution >= 4 is 5.69 Å². The monoisotopic (exact) mass is 249 g/mol. The highest BCUT2D eigenvalue weighted by Gasteiger charge is 2.28. The quantitative estimate of drug-likeness (QED) is 0.816. The molecule has 6 heteroatoms. The number of nitrogens with two attached hydrogens (primary N) is 1. The first-order chi connectivity index (χ1) is 7.90. The Morgan fingerprint density at radius 1 is 1.12 bits per heavy atom. The molecule has 2 N–H and O–H groups in total. The molecule has 0 aliphatic carbocycles. The van der Waals surface area contributed by atoms with Gasteiger partial charge in [0.25, 0.3) is 0 Å². The average Bonchev–Trinajstić information content (AvgIpc) is 2.22. The van der Waals surface area contributed by atoms with Gasteiger partial charge in [-0.2, -0.15) is 13.2 Å². The van der Waals surface area contributed by atoms with E-state index in [1.54, 1.807) is 0 Å². The van der Waals surface area contributed by atoms with E-state index in [0.29, 0.717) is 18.0 Å². The van der Waals surface area contributed by atoms with Crippen LogP contribution in [-0.2, 0) is 0 Å². The van der Waals surface area contributed by atoms with E-state index in [0.717, 1.165) is 6.42 Å². The molecule has 0 atom stereocenters. The lowest BCUT2D eigenvalue weighted by molar-refractivity contribution is -0.153. The summed E-state index contributed by atoms with van der Waals surface area (Å²) >= 11 is 0. The Hall–Kier alpha value is -1.59. The minimum atomic E-state index is -4.37. The molecule has 96 valence electrons. The summed E-state index contributed by atoms with van der Waals surface area (Å²) in [7, 11) is 0. The molecule has 0 aliphatic heterocycles. The van der Waals surface area contributed by atoms with Gasteiger partial charge in [-0.1, -0.05) is 6.92 Å². The zero-order valence-electron chi connectivity index (χ0n) is 9.38. The first kappa shape index (κ1) is 13.5. The summed E-state index contributed by atoms with van der Waals surface area (Å²) in [6.45, 7) is 1.05. The van der Waals surface area contributed by atoms with Crippen molar-refractivity contribution in [3.05, 3.63) is 18.2 Å². The fourth-order valence-corrected chi connectivity index (χ4v) is 1.15. The Kier molecular flexibility index (Phi) is 4.48. The summed E-state index contributed by atoms with van der Waals surface area (Å²) in [5.74, 6) is 0.456. The van der Waals surface area contributed by atoms with Crippen LogP contribution in [0.15, 0.2) is 18.2 Å². The van der Waals surface area contributed by atoms with Crippen molar-refractivity contribution in [2.24, 2.45) is 0 Å². The fraction of sp³-hybridized carbons (Fsp3) is 0.455. The van der Waals surface area contributed by atoms with Crippen molar-refractivity contribution in [1.82, 2.24) is 0 Å². The number of anilines is 1. The van der Waals surface area contributed by atoms with E-state index >= 15 is 0 Å². The lowest BCUT2D eigenvalue weighted by atomic mass is 10.3. The SMILES string of the molecule is CCCOc1cc(N)cc(OCC(F)(F)F)c1. The summed E-state index contributed by atoms with van der Waals surface area (Å²) in [5.41, 5.74) is 5.83. The number of halogens is 3. The molecule has 0 spiro atoms. The second kappa shape index (κ2) is 5.65. The van der Waals surface area contributed by atoms with Crippen molar-refractivity contribution < 1.29 is 22.6 Å². The highest BCUT2D eigenvalue weighted by Crippen LogP contribution is 2.26. The summed E-state index contributed by atoms with van der Waals surface area (Å²) in [6, 6.07) is 4.25. The topological polar surface area (TPSA) is 44.5 Å². The zero-order chi connectivity index (χ0) is 12.9. The molecule has 17 heavy (non-hydrogen) atoms. The standard InChI is InChI=1S/C11H14F3NO2/c1-2-3-16-9-4-8(15)5-10(6-9)17-7-11(12,13)14/h4-6H,2-3,7,15H2,1H3. The van der Waals surface area contributed by atoms with Crippen LogP contribution in [0.5, 0.6) is 11.5 Å². The minimum absolute atomic E-state index is 0.0495. The van der Waals surface area contributed by atoms with Crippen LogP contribution < -0.4 is 15.2 Å². The van der Waals surface area contributed by atoms with Gasteiger partial charge in [0.1, 0.15) is 11.5 Å². The third-order valence-corrected chi connectivity index (χ3v) is 1.78. The van der Waals surface area contributed by atoms with Gasteiger partial charge in [-0.15, -0.1) is 0 Å². The summed E-state index contributed by atoms with van der Waals surface area (Å²) in [5, 5.41) is 0. The second-order valence-corrected chi connectivity index (χ2v) is 3.49. The van der Waals surface area contributed by atoms with E-state index in [2.05, 4.69) is 4.74 Å². The highest BCUT2D eigenvalue weighted by molar-refractivity contribution is 5.50. The van der Waals surface area contributed by atoms with Gasteiger partial charge in [0.2, 0.25) is 0 Å². The van der Waals surface area contributed by atoms with E-state index in [-0.39, 0.29) is 5.75 Å². The first-order valence-electron chi connectivity index (χ1n) is 5.13. The number of nitrogen functional groups attached to an aromatic ring is 1. The average molecular weight is 249 g/mol. The summed E-state index contributed by atoms with van der Waals surface area (Å²) < 4.78 is 45.7. The molecule has 1 aromatic carbocycles. The maximum Gasteiger partial charge on any atom is 0.422 e. The lowest BCUT2D eigenvalue weighted by Crippen LogP contribution is -2.19. The van der Waals surface area contributed by atoms with Crippen LogP contribution in [-0.4, -0.2) is 19.4 Å². The Balaban J connectivity index is 2.68. The molecule has 0 saturated carbocycles. The van der Waals surface area contributed by atoms with Gasteiger partial charge < -0.3 is 15.2 Å². The first-order valence-corrected chi connectivity index (χ1v) is 5.13. The van der Waals surface area contributed by atoms with Gasteiger partial charge >= 0.3 is 6.18 Å². The molecular formula is C11H14F3NO2. The van der Waals surface area contributed by atoms with Gasteiger partial charge in [0.05, 0.1) is 6.61 Å². The number of rotatable bonds is 5. The zero-order valence-corrected chi connectivity index (χ0v) is 9.38. The van der Waals surface area contributed by atoms with Gasteiger partial charge in [-0.25, -0.2) is 0 Å². The molecule has 0 radical (unpaired) electrons. The Morgan fingerprint density at radius 3 is 2.24 bits per heavy atom. The fourth-order valence-electron chi connectivity index (χ4n) is 1.15. The van der Waals surface area contributed by atoms with Gasteiger partial charge in [0, 0.05) is 23.9 Å². The molecule has 0 unspecified atom stereocenters. The molecule has 0 saturated heterocycles. The number of hydrogen-bond acceptors (Lipinski definition) is 3. The molecule has 0 heterocycles. The number of benzene rings is 1. The van der Waals surface area contributed by atoms with E-state index in [1.165, 1.54) is 18.2 Å². The number of hydrogen-bond donors (Lipinski definition) is 1. The maximum atomic E-state index is 12.0. The molecule has 3 nitrogen and oxygen atoms in total. The predicted octanol–water partition coefficient (Wildman–Crippen LogP) is 3.00. The summed E-state index contributed by atoms with van der Waals surface area (Å²) in [4.78, 5) is 0. The van der Waals surface area contributed by atoms with Gasteiger partial charge in [-0.05, 0) is 6.42 Å². The molecular weight excluding hydrogens is 235 g/mol. The van der Waals surface area contributed by atoms with E-state index in [1.807, 2.05) is 6.92 Å². The number of ether oxygens (including phenoxy) is 2. The van der Waals surface area contributed by atoms with Crippen LogP contribution in [0.2, 0.25) is 0 Å². The van der Waals surface area contributed by atoms with Crippen molar-refractivity contribution in [2.45, 2.75) is 19.5 Å². The van der Waals surface area contributed by atoms with Crippen LogP contribution in [0.4, 0.5) is 18.9 Å². The Labute approximate surface area is 97.3 Å². The minimum Gasteiger partial charge on any atom is -0.493 e. The van der Waals surface area contributed by atoms with Crippen LogP contribution in [0.25, 0.3) is 0 Å². The third kappa shape index (κ3) is 5.33. The molecule has 0 aromatic heterocycles. The third-order valence-electron chi connectivity index (χ3n) is 1.78. The largest absolute Gasteiger partial charge is 0.493 e. The van der Waals surface area contributed by atoms with Crippen LogP contribution in [0.1, 0.15) is 13.3 Å². The smallest absolute Gasteiger partial charge is 0.422 e. The maximum absolute atomic E-state index is 12.0. The van der Waals surface area contributed by atoms with Crippen LogP contribution in [0, 0.1) is 0 Å². The van der Waals surface area contributed by atoms with Crippen molar-refractivity contribution in [3.8, 4) is 11.5 Å². The molecule has 0 fully saturated rings. The van der Waals surface area contributed by atoms with Gasteiger partial charge in [-0.3, -0.25) is 0 Å². The highest BCUT2D eigenvalue weighted by atomic mass is 19.4. The molecule has 0 aliphatic rings. The van der Waals surface area contributed by atoms with Crippen molar-refractivity contribution in [3.63, 3.8) is 0 Å². The Bertz CT molecular complexity index is 366. The molecule has 1 rings (SSSR count). The normalized spacial score (nSPS) is 11.3. The van der Waals surface area contributed by atoms with Crippen LogP contribution >= 0.6 is 0 Å². The van der Waals surface area contributed by atoms with Crippen molar-refractivity contribution in [2.75, 3.05) is 18.9 Å². The Morgan fingerprint density at radius 2 is 1.71 bits per heavy atom. The van der Waals surface area contributed by atoms with E-state index in [4.69, 9.17) is 10.5 Å². The van der Waals surface area contributed by atoms with E-state index < -0.39 is 12.8 Å². The molecule has 0 bridgehead atoms. The molecule has 1 aromatic rings. The molecule has 0 amide bonds. The van der Waals surface area contributed by atoms with Gasteiger partial charge in [0.15, 0.2) is 6.61 Å². The van der Waals surface area contributed by atoms with Crippen molar-refractivity contribution in [1.29, 1.82) is 0 Å². The number of alkyl halides is 3. The summed E-state index contributed by atoms with van der Waals surface area (Å²) in [6.07, 6.45) is -3.57. The second-order valence-electron chi connectivity index (χ2n) is 3.49.